The van der Waals surface area contributed by atoms with E-state index in [0.717, 1.165) is 10.9 Å². The molecule has 2 aromatic rings. The van der Waals surface area contributed by atoms with E-state index in [4.69, 9.17) is 0 Å². The lowest BCUT2D eigenvalue weighted by atomic mass is 10.2. The highest BCUT2D eigenvalue weighted by Gasteiger charge is 2.19. The highest BCUT2D eigenvalue weighted by Crippen LogP contribution is 2.15. The maximum Gasteiger partial charge on any atom is 0.269 e. The average Bonchev–Trinajstić information content (AvgIpc) is 2.67. The summed E-state index contributed by atoms with van der Waals surface area (Å²) >= 11 is 0. The predicted molar refractivity (Wildman–Crippen MR) is 48.3 cm³/mol. The fourth-order valence-corrected chi connectivity index (χ4v) is 1.25. The van der Waals surface area contributed by atoms with Crippen molar-refractivity contribution in [2.75, 3.05) is 0 Å². The third-order valence-corrected chi connectivity index (χ3v) is 1.96. The van der Waals surface area contributed by atoms with Gasteiger partial charge in [0.25, 0.3) is 5.91 Å². The molecule has 0 saturated carbocycles. The smallest absolute Gasteiger partial charge is 0.269 e. The summed E-state index contributed by atoms with van der Waals surface area (Å²) in [7, 11) is 0. The van der Waals surface area contributed by atoms with E-state index >= 15 is 0 Å². The third-order valence-electron chi connectivity index (χ3n) is 1.96. The van der Waals surface area contributed by atoms with Crippen LogP contribution in [0.15, 0.2) is 30.9 Å². The molecule has 6 heteroatoms. The lowest BCUT2D eigenvalue weighted by Crippen LogP contribution is -2.14. The van der Waals surface area contributed by atoms with Crippen LogP contribution in [-0.4, -0.2) is 15.5 Å². The Morgan fingerprint density at radius 1 is 1.19 bits per heavy atom. The van der Waals surface area contributed by atoms with Crippen molar-refractivity contribution in [3.63, 3.8) is 0 Å². The van der Waals surface area contributed by atoms with Gasteiger partial charge in [0, 0.05) is 24.5 Å². The molecule has 0 amide bonds. The molecule has 0 radical (unpaired) electrons. The molecule has 16 heavy (non-hydrogen) atoms. The normalized spacial score (nSPS) is 10.4. The molecule has 0 spiro atoms. The van der Waals surface area contributed by atoms with Gasteiger partial charge in [-0.15, -0.1) is 0 Å². The second-order valence-corrected chi connectivity index (χ2v) is 3.02. The molecule has 3 nitrogen and oxygen atoms in total. The molecule has 0 N–H and O–H groups in total. The van der Waals surface area contributed by atoms with Crippen LogP contribution in [0.4, 0.5) is 13.2 Å². The minimum atomic E-state index is -1.24. The quantitative estimate of drug-likeness (QED) is 0.745. The lowest BCUT2D eigenvalue weighted by molar-refractivity contribution is 0.0951. The van der Waals surface area contributed by atoms with E-state index in [9.17, 15) is 18.0 Å². The Bertz CT molecular complexity index is 514. The van der Waals surface area contributed by atoms with Crippen molar-refractivity contribution in [2.45, 2.75) is 0 Å². The molecule has 1 aromatic carbocycles. The first-order chi connectivity index (χ1) is 7.59. The van der Waals surface area contributed by atoms with E-state index in [0.29, 0.717) is 12.1 Å². The van der Waals surface area contributed by atoms with Crippen LogP contribution in [-0.2, 0) is 0 Å². The van der Waals surface area contributed by atoms with Gasteiger partial charge in [-0.25, -0.2) is 18.2 Å². The lowest BCUT2D eigenvalue weighted by Gasteiger charge is -2.04. The minimum absolute atomic E-state index is 0.452. The van der Waals surface area contributed by atoms with Crippen LogP contribution in [0, 0.1) is 17.5 Å². The van der Waals surface area contributed by atoms with Crippen LogP contribution in [0.5, 0.6) is 0 Å². The number of hydrogen-bond acceptors (Lipinski definition) is 2. The van der Waals surface area contributed by atoms with Gasteiger partial charge in [-0.3, -0.25) is 9.36 Å². The van der Waals surface area contributed by atoms with Crippen LogP contribution in [0.2, 0.25) is 0 Å². The van der Waals surface area contributed by atoms with Crippen molar-refractivity contribution >= 4 is 5.91 Å². The first-order valence-electron chi connectivity index (χ1n) is 4.27. The summed E-state index contributed by atoms with van der Waals surface area (Å²) in [6, 6.07) is 0.903. The molecule has 0 aliphatic heterocycles. The van der Waals surface area contributed by atoms with Crippen LogP contribution in [0.1, 0.15) is 10.4 Å². The fraction of sp³-hybridized carbons (Fsp3) is 0. The Morgan fingerprint density at radius 2 is 1.81 bits per heavy atom. The van der Waals surface area contributed by atoms with Gasteiger partial charge in [-0.1, -0.05) is 0 Å². The molecular weight excluding hydrogens is 221 g/mol. The van der Waals surface area contributed by atoms with Gasteiger partial charge in [-0.05, 0) is 0 Å². The number of nitrogens with zero attached hydrogens (tertiary/aromatic N) is 2. The van der Waals surface area contributed by atoms with Gasteiger partial charge >= 0.3 is 0 Å². The van der Waals surface area contributed by atoms with Crippen molar-refractivity contribution in [3.05, 3.63) is 53.9 Å². The fourth-order valence-electron chi connectivity index (χ4n) is 1.25. The maximum atomic E-state index is 13.2. The number of halogens is 3. The SMILES string of the molecule is O=C(c1c(F)cc(F)cc1F)n1ccnc1. The Hall–Kier alpha value is -2.11. The van der Waals surface area contributed by atoms with Crippen molar-refractivity contribution in [2.24, 2.45) is 0 Å². The molecular formula is C10H5F3N2O. The Balaban J connectivity index is 2.53. The van der Waals surface area contributed by atoms with Crippen molar-refractivity contribution in [3.8, 4) is 0 Å². The highest BCUT2D eigenvalue weighted by atomic mass is 19.1. The molecule has 0 unspecified atom stereocenters. The average molecular weight is 226 g/mol. The predicted octanol–water partition coefficient (Wildman–Crippen LogP) is 1.99. The van der Waals surface area contributed by atoms with Crippen molar-refractivity contribution in [1.29, 1.82) is 0 Å². The number of carbonyl (C=O) groups excluding carboxylic acids is 1. The number of imidazole rings is 1. The standard InChI is InChI=1S/C10H5F3N2O/c11-6-3-7(12)9(8(13)4-6)10(16)15-2-1-14-5-15/h1-5H. The summed E-state index contributed by atoms with van der Waals surface area (Å²) in [5.41, 5.74) is -0.806. The van der Waals surface area contributed by atoms with Crippen LogP contribution in [0.3, 0.4) is 0 Å². The molecule has 1 aromatic heterocycles. The second-order valence-electron chi connectivity index (χ2n) is 3.02. The van der Waals surface area contributed by atoms with Gasteiger partial charge in [0.15, 0.2) is 0 Å². The van der Waals surface area contributed by atoms with Crippen LogP contribution >= 0.6 is 0 Å². The molecule has 0 fully saturated rings. The van der Waals surface area contributed by atoms with Gasteiger partial charge in [0.05, 0.1) is 0 Å². The van der Waals surface area contributed by atoms with Crippen LogP contribution in [0.25, 0.3) is 0 Å². The van der Waals surface area contributed by atoms with E-state index in [1.807, 2.05) is 0 Å². The minimum Gasteiger partial charge on any atom is -0.272 e. The number of aromatic nitrogens is 2. The molecule has 82 valence electrons. The maximum absolute atomic E-state index is 13.2. The third kappa shape index (κ3) is 1.69. The van der Waals surface area contributed by atoms with Gasteiger partial charge < -0.3 is 0 Å². The van der Waals surface area contributed by atoms with Crippen LogP contribution < -0.4 is 0 Å². The number of rotatable bonds is 1. The molecule has 0 atom stereocenters. The topological polar surface area (TPSA) is 34.9 Å². The second kappa shape index (κ2) is 3.80. The van der Waals surface area contributed by atoms with Gasteiger partial charge in [-0.2, -0.15) is 0 Å². The summed E-state index contributed by atoms with van der Waals surface area (Å²) in [6.45, 7) is 0. The molecule has 2 rings (SSSR count). The van der Waals surface area contributed by atoms with E-state index in [1.165, 1.54) is 12.4 Å². The molecule has 0 aliphatic carbocycles. The van der Waals surface area contributed by atoms with E-state index in [1.54, 1.807) is 0 Å². The molecule has 0 saturated heterocycles. The zero-order valence-corrected chi connectivity index (χ0v) is 7.82. The number of hydrogen-bond donors (Lipinski definition) is 0. The highest BCUT2D eigenvalue weighted by molar-refractivity contribution is 5.96. The summed E-state index contributed by atoms with van der Waals surface area (Å²) in [6.07, 6.45) is 3.63. The summed E-state index contributed by atoms with van der Waals surface area (Å²) < 4.78 is 39.9. The zero-order chi connectivity index (χ0) is 11.7. The first-order valence-corrected chi connectivity index (χ1v) is 4.27. The van der Waals surface area contributed by atoms with Crippen molar-refractivity contribution < 1.29 is 18.0 Å². The summed E-state index contributed by atoms with van der Waals surface area (Å²) in [4.78, 5) is 15.1. The Morgan fingerprint density at radius 3 is 2.31 bits per heavy atom. The summed E-state index contributed by atoms with van der Waals surface area (Å²) in [5, 5.41) is 0. The van der Waals surface area contributed by atoms with E-state index in [2.05, 4.69) is 4.98 Å². The Labute approximate surface area is 88.2 Å². The first kappa shape index (κ1) is 10.4. The zero-order valence-electron chi connectivity index (χ0n) is 7.82. The summed E-state index contributed by atoms with van der Waals surface area (Å²) in [5.74, 6) is -4.49. The number of carbonyl (C=O) groups is 1. The van der Waals surface area contributed by atoms with Crippen molar-refractivity contribution in [1.82, 2.24) is 9.55 Å². The van der Waals surface area contributed by atoms with E-state index in [-0.39, 0.29) is 0 Å². The number of benzene rings is 1. The Kier molecular flexibility index (Phi) is 2.47. The molecule has 0 aliphatic rings. The van der Waals surface area contributed by atoms with E-state index < -0.39 is 28.9 Å². The largest absolute Gasteiger partial charge is 0.272 e. The monoisotopic (exact) mass is 226 g/mol. The van der Waals surface area contributed by atoms with Gasteiger partial charge in [0.2, 0.25) is 0 Å². The molecule has 0 bridgehead atoms. The molecule has 1 heterocycles. The van der Waals surface area contributed by atoms with Gasteiger partial charge in [0.1, 0.15) is 29.3 Å².